The van der Waals surface area contributed by atoms with Crippen molar-refractivity contribution >= 4 is 28.4 Å². The molecular formula is C25H26FN7O2S. The van der Waals surface area contributed by atoms with Crippen LogP contribution in [0.1, 0.15) is 35.7 Å². The largest absolute Gasteiger partial charge is 0.495 e. The van der Waals surface area contributed by atoms with Crippen molar-refractivity contribution in [1.82, 2.24) is 30.6 Å². The van der Waals surface area contributed by atoms with Gasteiger partial charge in [0.2, 0.25) is 0 Å². The van der Waals surface area contributed by atoms with E-state index in [1.54, 1.807) is 24.5 Å². The molecule has 0 saturated heterocycles. The van der Waals surface area contributed by atoms with Crippen molar-refractivity contribution < 1.29 is 13.9 Å². The van der Waals surface area contributed by atoms with Crippen LogP contribution in [0.5, 0.6) is 0 Å². The fourth-order valence-corrected chi connectivity index (χ4v) is 4.51. The number of carbonyl (C=O) groups is 1. The highest BCUT2D eigenvalue weighted by Crippen LogP contribution is 2.32. The van der Waals surface area contributed by atoms with E-state index in [-0.39, 0.29) is 5.37 Å². The van der Waals surface area contributed by atoms with Crippen LogP contribution in [-0.4, -0.2) is 50.3 Å². The zero-order chi connectivity index (χ0) is 25.2. The molecule has 2 aromatic heterocycles. The second-order valence-corrected chi connectivity index (χ2v) is 9.79. The number of amidine groups is 1. The minimum absolute atomic E-state index is 0.203. The number of hydrogen-bond donors (Lipinski definition) is 3. The average Bonchev–Trinajstić information content (AvgIpc) is 3.45. The van der Waals surface area contributed by atoms with E-state index in [2.05, 4.69) is 43.0 Å². The van der Waals surface area contributed by atoms with Gasteiger partial charge in [-0.1, -0.05) is 11.8 Å². The van der Waals surface area contributed by atoms with E-state index in [0.29, 0.717) is 45.1 Å². The fraction of sp³-hybridized carbons (Fsp3) is 0.360. The van der Waals surface area contributed by atoms with Gasteiger partial charge in [0.1, 0.15) is 17.6 Å². The van der Waals surface area contributed by atoms with Crippen LogP contribution in [0.2, 0.25) is 0 Å². The van der Waals surface area contributed by atoms with Gasteiger partial charge in [0.05, 0.1) is 18.7 Å². The molecule has 3 atom stereocenters. The number of ether oxygens (including phenoxy) is 1. The molecule has 0 bridgehead atoms. The zero-order valence-electron chi connectivity index (χ0n) is 20.1. The van der Waals surface area contributed by atoms with Gasteiger partial charge in [0, 0.05) is 48.9 Å². The molecule has 3 unspecified atom stereocenters. The molecule has 5 rings (SSSR count). The van der Waals surface area contributed by atoms with Gasteiger partial charge < -0.3 is 14.6 Å². The number of methoxy groups -OCH3 is 1. The van der Waals surface area contributed by atoms with Gasteiger partial charge in [-0.3, -0.25) is 20.5 Å². The molecule has 0 spiro atoms. The van der Waals surface area contributed by atoms with Crippen molar-refractivity contribution in [2.45, 2.75) is 37.4 Å². The number of pyridine rings is 1. The summed E-state index contributed by atoms with van der Waals surface area (Å²) >= 11 is 1.35. The molecule has 1 amide bonds. The third-order valence-electron chi connectivity index (χ3n) is 5.95. The highest BCUT2D eigenvalue weighted by Gasteiger charge is 2.28. The number of dihydropyridines is 1. The summed E-state index contributed by atoms with van der Waals surface area (Å²) in [4.78, 5) is 22.3. The Balaban J connectivity index is 1.48. The number of alkyl halides is 1. The molecule has 3 N–H and O–H groups in total. The second-order valence-electron chi connectivity index (χ2n) is 8.70. The predicted octanol–water partition coefficient (Wildman–Crippen LogP) is 2.76. The molecule has 0 aromatic carbocycles. The molecule has 4 heterocycles. The normalized spacial score (nSPS) is 21.6. The Kier molecular flexibility index (Phi) is 6.69. The number of allylic oxidation sites excluding steroid dienone is 1. The number of hydrazone groups is 1. The first-order valence-corrected chi connectivity index (χ1v) is 12.5. The number of carbonyl (C=O) groups excluding carboxylic acids is 1. The molecule has 1 fully saturated rings. The average molecular weight is 508 g/mol. The van der Waals surface area contributed by atoms with Crippen LogP contribution in [0, 0.1) is 17.8 Å². The van der Waals surface area contributed by atoms with Crippen molar-refractivity contribution in [3.8, 4) is 23.4 Å². The summed E-state index contributed by atoms with van der Waals surface area (Å²) in [7, 11) is 3.39. The van der Waals surface area contributed by atoms with Crippen LogP contribution in [0.15, 0.2) is 47.8 Å². The minimum Gasteiger partial charge on any atom is -0.495 e. The lowest BCUT2D eigenvalue weighted by Crippen LogP contribution is -2.34. The second kappa shape index (κ2) is 10.1. The maximum Gasteiger partial charge on any atom is 0.259 e. The number of aryl methyl sites for hydroxylation is 1. The summed E-state index contributed by atoms with van der Waals surface area (Å²) in [5, 5.41) is 10.3. The number of nitrogens with one attached hydrogen (secondary N) is 3. The molecule has 36 heavy (non-hydrogen) atoms. The fourth-order valence-electron chi connectivity index (χ4n) is 3.80. The van der Waals surface area contributed by atoms with E-state index in [1.165, 1.54) is 32.0 Å². The Morgan fingerprint density at radius 3 is 2.89 bits per heavy atom. The van der Waals surface area contributed by atoms with Crippen LogP contribution in [0.25, 0.3) is 17.1 Å². The van der Waals surface area contributed by atoms with Crippen molar-refractivity contribution in [3.05, 3.63) is 53.8 Å². The van der Waals surface area contributed by atoms with E-state index in [0.717, 1.165) is 12.8 Å². The third kappa shape index (κ3) is 5.09. The first-order chi connectivity index (χ1) is 17.4. The third-order valence-corrected chi connectivity index (χ3v) is 6.83. The topological polar surface area (TPSA) is 105 Å². The number of hydrogen-bond acceptors (Lipinski definition) is 8. The molecule has 3 aliphatic rings. The van der Waals surface area contributed by atoms with Gasteiger partial charge in [0.15, 0.2) is 16.4 Å². The molecule has 1 aliphatic carbocycles. The summed E-state index contributed by atoms with van der Waals surface area (Å²) in [6, 6.07) is 1.19. The van der Waals surface area contributed by atoms with E-state index in [9.17, 15) is 9.18 Å². The first-order valence-electron chi connectivity index (χ1n) is 11.6. The summed E-state index contributed by atoms with van der Waals surface area (Å²) in [5.41, 5.74) is 4.93. The molecule has 11 heteroatoms. The number of aromatic nitrogens is 3. The molecule has 2 aliphatic heterocycles. The number of imidazole rings is 1. The minimum atomic E-state index is -1.16. The maximum atomic E-state index is 14.2. The van der Waals surface area contributed by atoms with Crippen LogP contribution in [0.4, 0.5) is 4.39 Å². The van der Waals surface area contributed by atoms with Gasteiger partial charge >= 0.3 is 0 Å². The van der Waals surface area contributed by atoms with Crippen LogP contribution in [-0.2, 0) is 11.8 Å². The maximum absolute atomic E-state index is 14.2. The van der Waals surface area contributed by atoms with Gasteiger partial charge in [-0.15, -0.1) is 0 Å². The number of thioether (sulfide) groups is 1. The molecular weight excluding hydrogens is 481 g/mol. The summed E-state index contributed by atoms with van der Waals surface area (Å²) < 4.78 is 21.6. The molecule has 0 radical (unpaired) electrons. The Labute approximate surface area is 212 Å². The van der Waals surface area contributed by atoms with Crippen LogP contribution >= 0.6 is 11.8 Å². The lowest BCUT2D eigenvalue weighted by atomic mass is 9.94. The lowest BCUT2D eigenvalue weighted by molar-refractivity contribution is 0.0977. The van der Waals surface area contributed by atoms with Crippen molar-refractivity contribution in [2.24, 2.45) is 18.1 Å². The summed E-state index contributed by atoms with van der Waals surface area (Å²) in [6.07, 6.45) is 9.45. The predicted molar refractivity (Wildman–Crippen MR) is 137 cm³/mol. The van der Waals surface area contributed by atoms with Gasteiger partial charge in [0.25, 0.3) is 5.91 Å². The number of rotatable bonds is 5. The molecule has 1 saturated carbocycles. The van der Waals surface area contributed by atoms with E-state index < -0.39 is 18.1 Å². The van der Waals surface area contributed by atoms with Crippen molar-refractivity contribution in [2.75, 3.05) is 7.11 Å². The number of nitrogens with zero attached hydrogens (tertiary/aromatic N) is 4. The van der Waals surface area contributed by atoms with Crippen LogP contribution < -0.4 is 16.1 Å². The SMILES string of the molecule is COC1=CNC(C(C)F)C=C1c1cc(-c2nccn2C)ncc1C(=O)NC1=NNC(C#CC2CC2)S1. The summed E-state index contributed by atoms with van der Waals surface area (Å²) in [6.45, 7) is 1.47. The van der Waals surface area contributed by atoms with Crippen molar-refractivity contribution in [3.63, 3.8) is 0 Å². The van der Waals surface area contributed by atoms with E-state index in [4.69, 9.17) is 4.74 Å². The number of halogens is 1. The van der Waals surface area contributed by atoms with E-state index in [1.807, 2.05) is 17.8 Å². The highest BCUT2D eigenvalue weighted by atomic mass is 32.2. The molecule has 186 valence electrons. The highest BCUT2D eigenvalue weighted by molar-refractivity contribution is 8.14. The standard InChI is InChI=1S/C25H26FN7O2S/c1-14(26)19-11-17(21(35-3)13-29-19)16-10-20(23-27-8-9-33(23)2)28-12-18(16)24(34)30-25-32-31-22(36-25)7-6-15-4-5-15/h8-15,19,22,29,31H,4-5H2,1-3H3,(H,30,32,34). The Morgan fingerprint density at radius 1 is 1.36 bits per heavy atom. The monoisotopic (exact) mass is 507 g/mol. The molecule has 9 nitrogen and oxygen atoms in total. The lowest BCUT2D eigenvalue weighted by Gasteiger charge is -2.25. The Morgan fingerprint density at radius 2 is 2.19 bits per heavy atom. The smallest absolute Gasteiger partial charge is 0.259 e. The van der Waals surface area contributed by atoms with E-state index >= 15 is 0 Å². The first kappa shape index (κ1) is 23.9. The number of amides is 1. The van der Waals surface area contributed by atoms with Crippen molar-refractivity contribution in [1.29, 1.82) is 0 Å². The quantitative estimate of drug-likeness (QED) is 0.535. The van der Waals surface area contributed by atoms with Crippen LogP contribution in [0.3, 0.4) is 0 Å². The molecule has 2 aromatic rings. The zero-order valence-corrected chi connectivity index (χ0v) is 20.9. The van der Waals surface area contributed by atoms with Gasteiger partial charge in [-0.05, 0) is 43.7 Å². The summed E-state index contributed by atoms with van der Waals surface area (Å²) in [5.74, 6) is 7.54. The van der Waals surface area contributed by atoms with Gasteiger partial charge in [-0.25, -0.2) is 9.37 Å². The Bertz CT molecular complexity index is 1330. The Hall–Kier alpha value is -3.78. The van der Waals surface area contributed by atoms with Gasteiger partial charge in [-0.2, -0.15) is 5.10 Å².